The van der Waals surface area contributed by atoms with Gasteiger partial charge in [-0.2, -0.15) is 5.26 Å². The van der Waals surface area contributed by atoms with Crippen molar-refractivity contribution in [3.63, 3.8) is 0 Å². The molecule has 1 aromatic heterocycles. The minimum Gasteiger partial charge on any atom is -0.494 e. The summed E-state index contributed by atoms with van der Waals surface area (Å²) in [4.78, 5) is 37.2. The van der Waals surface area contributed by atoms with Gasteiger partial charge in [0.25, 0.3) is 5.91 Å². The lowest BCUT2D eigenvalue weighted by molar-refractivity contribution is -0.129. The van der Waals surface area contributed by atoms with Crippen molar-refractivity contribution >= 4 is 28.9 Å². The van der Waals surface area contributed by atoms with Crippen molar-refractivity contribution < 1.29 is 28.2 Å². The second-order valence-corrected chi connectivity index (χ2v) is 7.73. The van der Waals surface area contributed by atoms with E-state index in [1.54, 1.807) is 37.4 Å². The number of nitrogens with zero attached hydrogens (tertiary/aromatic N) is 1. The van der Waals surface area contributed by atoms with Crippen LogP contribution in [0.5, 0.6) is 11.5 Å². The average Bonchev–Trinajstić information content (AvgIpc) is 2.88. The molecule has 0 radical (unpaired) electrons. The number of methoxy groups -OCH3 is 1. The maximum Gasteiger partial charge on any atom is 0.354 e. The third-order valence-electron chi connectivity index (χ3n) is 4.98. The first-order valence-corrected chi connectivity index (χ1v) is 11.4. The molecule has 2 aromatic carbocycles. The lowest BCUT2D eigenvalue weighted by atomic mass is 10.1. The molecule has 0 saturated heterocycles. The van der Waals surface area contributed by atoms with Gasteiger partial charge < -0.3 is 23.9 Å². The largest absolute Gasteiger partial charge is 0.494 e. The quantitative estimate of drug-likeness (QED) is 0.107. The Morgan fingerprint density at radius 3 is 2.53 bits per heavy atom. The monoisotopic (exact) mass is 490 g/mol. The molecule has 0 spiro atoms. The van der Waals surface area contributed by atoms with E-state index in [4.69, 9.17) is 18.6 Å². The molecule has 0 aliphatic rings. The molecule has 0 bridgehead atoms. The molecular formula is C27H26N2O7. The molecule has 186 valence electrons. The molecule has 9 heteroatoms. The van der Waals surface area contributed by atoms with Crippen molar-refractivity contribution in [2.75, 3.05) is 26.9 Å². The molecule has 1 N–H and O–H groups in total. The summed E-state index contributed by atoms with van der Waals surface area (Å²) >= 11 is 0. The Labute approximate surface area is 207 Å². The minimum atomic E-state index is -0.863. The molecule has 1 heterocycles. The topological polar surface area (TPSA) is 128 Å². The van der Waals surface area contributed by atoms with Crippen LogP contribution in [0.1, 0.15) is 35.7 Å². The predicted molar refractivity (Wildman–Crippen MR) is 133 cm³/mol. The number of hydrogen-bond donors (Lipinski definition) is 1. The molecule has 0 unspecified atom stereocenters. The van der Waals surface area contributed by atoms with Crippen LogP contribution in [0.25, 0.3) is 17.0 Å². The number of fused-ring (bicyclic) bond motifs is 1. The number of nitrogens with one attached hydrogen (secondary N) is 1. The normalized spacial score (nSPS) is 11.1. The number of carbonyl (C=O) groups is 2. The number of benzene rings is 2. The SMILES string of the molecule is CCCOc1ccc(/C=C(\C#N)C(=O)Oc2ccc3cc(C(=O)NCCCOC)c(=O)oc3c2)cc1. The highest BCUT2D eigenvalue weighted by molar-refractivity contribution is 5.99. The highest BCUT2D eigenvalue weighted by Gasteiger charge is 2.16. The lowest BCUT2D eigenvalue weighted by Crippen LogP contribution is -2.29. The fraction of sp³-hybridized carbons (Fsp3) is 0.259. The van der Waals surface area contributed by atoms with Gasteiger partial charge in [0.15, 0.2) is 0 Å². The van der Waals surface area contributed by atoms with Gasteiger partial charge in [0, 0.05) is 31.7 Å². The van der Waals surface area contributed by atoms with Gasteiger partial charge >= 0.3 is 11.6 Å². The first-order chi connectivity index (χ1) is 17.4. The first kappa shape index (κ1) is 26.2. The smallest absolute Gasteiger partial charge is 0.354 e. The summed E-state index contributed by atoms with van der Waals surface area (Å²) in [7, 11) is 1.56. The molecule has 36 heavy (non-hydrogen) atoms. The molecule has 3 rings (SSSR count). The van der Waals surface area contributed by atoms with E-state index in [-0.39, 0.29) is 22.5 Å². The van der Waals surface area contributed by atoms with Crippen LogP contribution in [-0.2, 0) is 9.53 Å². The van der Waals surface area contributed by atoms with E-state index in [0.717, 1.165) is 6.42 Å². The van der Waals surface area contributed by atoms with E-state index in [2.05, 4.69) is 5.32 Å². The van der Waals surface area contributed by atoms with Crippen LogP contribution in [0.15, 0.2) is 63.3 Å². The van der Waals surface area contributed by atoms with Gasteiger partial charge in [-0.25, -0.2) is 9.59 Å². The molecule has 3 aromatic rings. The van der Waals surface area contributed by atoms with Gasteiger partial charge in [-0.1, -0.05) is 19.1 Å². The number of ether oxygens (including phenoxy) is 3. The number of amides is 1. The Balaban J connectivity index is 1.72. The lowest BCUT2D eigenvalue weighted by Gasteiger charge is -2.07. The van der Waals surface area contributed by atoms with E-state index in [0.29, 0.717) is 42.9 Å². The van der Waals surface area contributed by atoms with Crippen LogP contribution in [0.2, 0.25) is 0 Å². The van der Waals surface area contributed by atoms with Crippen molar-refractivity contribution in [2.24, 2.45) is 0 Å². The molecule has 0 saturated carbocycles. The van der Waals surface area contributed by atoms with Crippen LogP contribution in [0.4, 0.5) is 0 Å². The van der Waals surface area contributed by atoms with E-state index >= 15 is 0 Å². The summed E-state index contributed by atoms with van der Waals surface area (Å²) in [6.45, 7) is 3.44. The van der Waals surface area contributed by atoms with Crippen LogP contribution < -0.4 is 20.4 Å². The Morgan fingerprint density at radius 1 is 1.08 bits per heavy atom. The van der Waals surface area contributed by atoms with E-state index in [1.165, 1.54) is 24.3 Å². The van der Waals surface area contributed by atoms with Crippen molar-refractivity contribution in [3.8, 4) is 17.6 Å². The zero-order valence-corrected chi connectivity index (χ0v) is 20.0. The average molecular weight is 491 g/mol. The summed E-state index contributed by atoms with van der Waals surface area (Å²) in [5, 5.41) is 12.5. The summed E-state index contributed by atoms with van der Waals surface area (Å²) in [6, 6.07) is 14.6. The van der Waals surface area contributed by atoms with E-state index in [1.807, 2.05) is 13.0 Å². The van der Waals surface area contributed by atoms with Crippen molar-refractivity contribution in [1.29, 1.82) is 5.26 Å². The number of hydrogen-bond acceptors (Lipinski definition) is 8. The second-order valence-electron chi connectivity index (χ2n) is 7.73. The summed E-state index contributed by atoms with van der Waals surface area (Å²) in [6.07, 6.45) is 2.90. The fourth-order valence-corrected chi connectivity index (χ4v) is 3.17. The predicted octanol–water partition coefficient (Wildman–Crippen LogP) is 3.86. The van der Waals surface area contributed by atoms with E-state index in [9.17, 15) is 19.6 Å². The molecular weight excluding hydrogens is 464 g/mol. The number of esters is 1. The zero-order chi connectivity index (χ0) is 25.9. The third kappa shape index (κ3) is 7.04. The Hall–Kier alpha value is -4.42. The summed E-state index contributed by atoms with van der Waals surface area (Å²) in [5.41, 5.74) is -0.403. The Kier molecular flexibility index (Phi) is 9.37. The van der Waals surface area contributed by atoms with Crippen LogP contribution in [0, 0.1) is 11.3 Å². The van der Waals surface area contributed by atoms with Gasteiger partial charge in [0.05, 0.1) is 6.61 Å². The number of rotatable bonds is 11. The maximum atomic E-state index is 12.6. The molecule has 0 fully saturated rings. The van der Waals surface area contributed by atoms with Gasteiger partial charge in [0.1, 0.15) is 34.3 Å². The fourth-order valence-electron chi connectivity index (χ4n) is 3.17. The molecule has 0 aliphatic carbocycles. The standard InChI is InChI=1S/C27H26N2O7/c1-3-12-34-21-8-5-18(6-9-21)14-20(17-28)26(31)35-22-10-7-19-15-23(27(32)36-24(19)16-22)25(30)29-11-4-13-33-2/h5-10,14-16H,3-4,11-13H2,1-2H3,(H,29,30)/b20-14+. The molecule has 0 atom stereocenters. The third-order valence-corrected chi connectivity index (χ3v) is 4.98. The van der Waals surface area contributed by atoms with Crippen molar-refractivity contribution in [1.82, 2.24) is 5.32 Å². The van der Waals surface area contributed by atoms with Gasteiger partial charge in [-0.15, -0.1) is 0 Å². The van der Waals surface area contributed by atoms with Gasteiger partial charge in [-0.3, -0.25) is 4.79 Å². The van der Waals surface area contributed by atoms with E-state index < -0.39 is 17.5 Å². The van der Waals surface area contributed by atoms with Gasteiger partial charge in [-0.05, 0) is 54.8 Å². The van der Waals surface area contributed by atoms with Gasteiger partial charge in [0.2, 0.25) is 0 Å². The molecule has 1 amide bonds. The first-order valence-electron chi connectivity index (χ1n) is 11.4. The Morgan fingerprint density at radius 2 is 1.83 bits per heavy atom. The summed E-state index contributed by atoms with van der Waals surface area (Å²) < 4.78 is 21.0. The highest BCUT2D eigenvalue weighted by Crippen LogP contribution is 2.22. The maximum absolute atomic E-state index is 12.6. The van der Waals surface area contributed by atoms with Crippen molar-refractivity contribution in [3.05, 3.63) is 75.7 Å². The Bertz CT molecular complexity index is 1350. The molecule has 9 nitrogen and oxygen atoms in total. The van der Waals surface area contributed by atoms with Crippen molar-refractivity contribution in [2.45, 2.75) is 19.8 Å². The zero-order valence-electron chi connectivity index (χ0n) is 20.0. The van der Waals surface area contributed by atoms with Crippen LogP contribution in [0.3, 0.4) is 0 Å². The number of carbonyl (C=O) groups excluding carboxylic acids is 2. The number of nitriles is 1. The second kappa shape index (κ2) is 12.9. The highest BCUT2D eigenvalue weighted by atomic mass is 16.5. The minimum absolute atomic E-state index is 0.0804. The summed E-state index contributed by atoms with van der Waals surface area (Å²) in [5.74, 6) is -0.639. The van der Waals surface area contributed by atoms with Crippen LogP contribution >= 0.6 is 0 Å². The van der Waals surface area contributed by atoms with Crippen LogP contribution in [-0.4, -0.2) is 38.7 Å². The molecule has 0 aliphatic heterocycles.